The summed E-state index contributed by atoms with van der Waals surface area (Å²) < 4.78 is 2.22. The van der Waals surface area contributed by atoms with Crippen molar-refractivity contribution < 1.29 is 0 Å². The molecule has 3 nitrogen and oxygen atoms in total. The van der Waals surface area contributed by atoms with Crippen LogP contribution in [0.15, 0.2) is 152 Å². The Bertz CT molecular complexity index is 2240. The van der Waals surface area contributed by atoms with Crippen LogP contribution in [0.2, 0.25) is 0 Å². The average Bonchev–Trinajstić information content (AvgIpc) is 3.48. The molecule has 0 amide bonds. The summed E-state index contributed by atoms with van der Waals surface area (Å²) in [4.78, 5) is 9.60. The number of rotatable bonds is 3. The van der Waals surface area contributed by atoms with Gasteiger partial charge in [0.15, 0.2) is 5.82 Å². The van der Waals surface area contributed by atoms with Crippen LogP contribution in [0, 0.1) is 0 Å². The average molecular weight is 550 g/mol. The van der Waals surface area contributed by atoms with Crippen LogP contribution >= 0.6 is 0 Å². The maximum Gasteiger partial charge on any atom is 0.164 e. The molecule has 2 atom stereocenters. The summed E-state index contributed by atoms with van der Waals surface area (Å²) in [6.45, 7) is 0. The van der Waals surface area contributed by atoms with E-state index in [-0.39, 0.29) is 0 Å². The van der Waals surface area contributed by atoms with Crippen LogP contribution in [0.4, 0.5) is 0 Å². The van der Waals surface area contributed by atoms with Gasteiger partial charge in [0.2, 0.25) is 0 Å². The number of fused-ring (bicyclic) bond motifs is 9. The number of hydrogen-bond acceptors (Lipinski definition) is 2. The maximum atomic E-state index is 4.97. The first-order valence-corrected chi connectivity index (χ1v) is 14.8. The zero-order chi connectivity index (χ0) is 28.3. The van der Waals surface area contributed by atoms with Crippen LogP contribution in [0.3, 0.4) is 0 Å². The highest BCUT2D eigenvalue weighted by Crippen LogP contribution is 2.53. The van der Waals surface area contributed by atoms with E-state index in [9.17, 15) is 0 Å². The molecular weight excluding hydrogens is 522 g/mol. The summed E-state index contributed by atoms with van der Waals surface area (Å²) in [5.74, 6) is 1.51. The lowest BCUT2D eigenvalue weighted by atomic mass is 9.68. The van der Waals surface area contributed by atoms with Gasteiger partial charge in [-0.2, -0.15) is 0 Å². The van der Waals surface area contributed by atoms with Crippen LogP contribution < -0.4 is 0 Å². The molecule has 9 rings (SSSR count). The lowest BCUT2D eigenvalue weighted by molar-refractivity contribution is 0.721. The molecular formula is C40H27N3. The fourth-order valence-corrected chi connectivity index (χ4v) is 7.16. The van der Waals surface area contributed by atoms with Crippen LogP contribution in [-0.2, 0) is 0 Å². The smallest absolute Gasteiger partial charge is 0.164 e. The van der Waals surface area contributed by atoms with Gasteiger partial charge in [0.25, 0.3) is 0 Å². The van der Waals surface area contributed by atoms with Gasteiger partial charge >= 0.3 is 0 Å². The molecule has 2 unspecified atom stereocenters. The van der Waals surface area contributed by atoms with Gasteiger partial charge in [0.05, 0.1) is 11.0 Å². The fourth-order valence-electron chi connectivity index (χ4n) is 7.16. The molecule has 3 heteroatoms. The number of nitrogens with zero attached hydrogens (tertiary/aromatic N) is 3. The van der Waals surface area contributed by atoms with Crippen molar-refractivity contribution >= 4 is 21.8 Å². The molecule has 0 bridgehead atoms. The van der Waals surface area contributed by atoms with Gasteiger partial charge < -0.3 is 0 Å². The Hall–Kier alpha value is -5.54. The van der Waals surface area contributed by atoms with Gasteiger partial charge in [-0.1, -0.05) is 103 Å². The third-order valence-corrected chi connectivity index (χ3v) is 9.05. The van der Waals surface area contributed by atoms with Crippen LogP contribution in [0.25, 0.3) is 61.3 Å². The molecule has 0 radical (unpaired) electrons. The topological polar surface area (TPSA) is 30.7 Å². The number of allylic oxidation sites excluding steroid dienone is 4. The first-order valence-electron chi connectivity index (χ1n) is 14.8. The Balaban J connectivity index is 1.24. The lowest BCUT2D eigenvalue weighted by Gasteiger charge is -2.35. The Morgan fingerprint density at radius 1 is 0.581 bits per heavy atom. The third kappa shape index (κ3) is 3.68. The number of imidazole rings is 1. The van der Waals surface area contributed by atoms with Crippen molar-refractivity contribution in [3.05, 3.63) is 163 Å². The zero-order valence-electron chi connectivity index (χ0n) is 23.4. The normalized spacial score (nSPS) is 16.7. The van der Waals surface area contributed by atoms with E-state index in [0.717, 1.165) is 28.2 Å². The Labute approximate surface area is 250 Å². The van der Waals surface area contributed by atoms with Crippen LogP contribution in [0.1, 0.15) is 23.0 Å². The van der Waals surface area contributed by atoms with Crippen molar-refractivity contribution in [2.75, 3.05) is 0 Å². The van der Waals surface area contributed by atoms with Crippen molar-refractivity contribution in [3.8, 4) is 39.5 Å². The van der Waals surface area contributed by atoms with Crippen LogP contribution in [-0.4, -0.2) is 14.5 Å². The minimum atomic E-state index is 0.316. The minimum Gasteiger partial charge on any atom is -0.291 e. The molecule has 2 heterocycles. The highest BCUT2D eigenvalue weighted by Gasteiger charge is 2.33. The second kappa shape index (κ2) is 9.50. The van der Waals surface area contributed by atoms with E-state index in [2.05, 4.69) is 131 Å². The summed E-state index contributed by atoms with van der Waals surface area (Å²) in [6.07, 6.45) is 11.0. The SMILES string of the molecule is C1=CC2c3ccccc3-c3c(cc(-c4ccc(-n5c(-c6ccccn6)nc6ccccc65)cc4)c4ccccc34)C2C=C1. The van der Waals surface area contributed by atoms with Gasteiger partial charge in [0, 0.05) is 23.7 Å². The molecule has 2 aliphatic rings. The molecule has 5 aromatic carbocycles. The summed E-state index contributed by atoms with van der Waals surface area (Å²) in [6, 6.07) is 43.5. The predicted octanol–water partition coefficient (Wildman–Crippen LogP) is 9.88. The summed E-state index contributed by atoms with van der Waals surface area (Å²) in [5.41, 5.74) is 12.0. The fraction of sp³-hybridized carbons (Fsp3) is 0.0500. The molecule has 202 valence electrons. The van der Waals surface area contributed by atoms with E-state index >= 15 is 0 Å². The zero-order valence-corrected chi connectivity index (χ0v) is 23.4. The predicted molar refractivity (Wildman–Crippen MR) is 176 cm³/mol. The number of hydrogen-bond donors (Lipinski definition) is 0. The first-order chi connectivity index (χ1) is 21.3. The summed E-state index contributed by atoms with van der Waals surface area (Å²) >= 11 is 0. The van der Waals surface area contributed by atoms with E-state index in [0.29, 0.717) is 11.8 Å². The van der Waals surface area contributed by atoms with E-state index in [1.54, 1.807) is 0 Å². The van der Waals surface area contributed by atoms with E-state index in [1.165, 1.54) is 44.2 Å². The molecule has 2 aromatic heterocycles. The highest BCUT2D eigenvalue weighted by atomic mass is 15.1. The maximum absolute atomic E-state index is 4.97. The van der Waals surface area contributed by atoms with Gasteiger partial charge in [-0.25, -0.2) is 4.98 Å². The van der Waals surface area contributed by atoms with Gasteiger partial charge in [-0.05, 0) is 86.6 Å². The lowest BCUT2D eigenvalue weighted by Crippen LogP contribution is -2.17. The molecule has 2 aliphatic carbocycles. The van der Waals surface area contributed by atoms with E-state index in [4.69, 9.17) is 4.98 Å². The Kier molecular flexibility index (Phi) is 5.32. The van der Waals surface area contributed by atoms with Gasteiger partial charge in [0.1, 0.15) is 5.69 Å². The molecule has 0 saturated carbocycles. The van der Waals surface area contributed by atoms with E-state index in [1.807, 2.05) is 30.5 Å². The van der Waals surface area contributed by atoms with Gasteiger partial charge in [-0.3, -0.25) is 9.55 Å². The second-order valence-corrected chi connectivity index (χ2v) is 11.4. The Morgan fingerprint density at radius 2 is 1.30 bits per heavy atom. The molecule has 0 aliphatic heterocycles. The Morgan fingerprint density at radius 3 is 2.14 bits per heavy atom. The molecule has 0 saturated heterocycles. The molecule has 43 heavy (non-hydrogen) atoms. The van der Waals surface area contributed by atoms with Crippen molar-refractivity contribution in [1.82, 2.24) is 14.5 Å². The first kappa shape index (κ1) is 24.1. The molecule has 0 N–H and O–H groups in total. The van der Waals surface area contributed by atoms with Crippen molar-refractivity contribution in [3.63, 3.8) is 0 Å². The second-order valence-electron chi connectivity index (χ2n) is 11.4. The monoisotopic (exact) mass is 549 g/mol. The minimum absolute atomic E-state index is 0.316. The quantitative estimate of drug-likeness (QED) is 0.220. The van der Waals surface area contributed by atoms with Crippen molar-refractivity contribution in [2.45, 2.75) is 11.8 Å². The molecule has 0 fully saturated rings. The number of aromatic nitrogens is 3. The third-order valence-electron chi connectivity index (χ3n) is 9.05. The van der Waals surface area contributed by atoms with Crippen molar-refractivity contribution in [1.29, 1.82) is 0 Å². The summed E-state index contributed by atoms with van der Waals surface area (Å²) in [5, 5.41) is 2.59. The number of benzene rings is 5. The van der Waals surface area contributed by atoms with Crippen molar-refractivity contribution in [2.24, 2.45) is 0 Å². The highest BCUT2D eigenvalue weighted by molar-refractivity contribution is 6.07. The van der Waals surface area contributed by atoms with E-state index < -0.39 is 0 Å². The van der Waals surface area contributed by atoms with Gasteiger partial charge in [-0.15, -0.1) is 0 Å². The number of pyridine rings is 1. The number of para-hydroxylation sites is 2. The molecule has 7 aromatic rings. The largest absolute Gasteiger partial charge is 0.291 e. The van der Waals surface area contributed by atoms with Crippen LogP contribution in [0.5, 0.6) is 0 Å². The summed E-state index contributed by atoms with van der Waals surface area (Å²) in [7, 11) is 0. The molecule has 0 spiro atoms. The standard InChI is InChI=1S/C40H27N3/c1-2-13-30-28(11-1)29-12-3-5-15-32(29)39-33-16-6-4-14-31(33)34(25-35(30)39)26-20-22-27(23-21-26)43-38-19-8-7-17-36(38)42-40(43)37-18-9-10-24-41-37/h1-25,28,30H.